The van der Waals surface area contributed by atoms with Crippen LogP contribution in [-0.2, 0) is 10.8 Å². The molecule has 0 N–H and O–H groups in total. The maximum absolute atomic E-state index is 2.51. The van der Waals surface area contributed by atoms with Gasteiger partial charge in [0.25, 0.3) is 0 Å². The van der Waals surface area contributed by atoms with Crippen molar-refractivity contribution in [2.75, 3.05) is 4.90 Å². The number of hydrogen-bond acceptors (Lipinski definition) is 1. The van der Waals surface area contributed by atoms with Crippen molar-refractivity contribution in [2.24, 2.45) is 0 Å². The van der Waals surface area contributed by atoms with Crippen LogP contribution in [0.15, 0.2) is 158 Å². The molecule has 0 aliphatic heterocycles. The fraction of sp³-hybridized carbons (Fsp3) is 0.180. The Bertz CT molecular complexity index is 3140. The third-order valence-electron chi connectivity index (χ3n) is 14.5. The molecule has 0 spiro atoms. The molecule has 2 aliphatic carbocycles. The smallest absolute Gasteiger partial charge is 0.0465 e. The number of fused-ring (bicyclic) bond motifs is 10. The van der Waals surface area contributed by atoms with Gasteiger partial charge in [-0.1, -0.05) is 154 Å². The summed E-state index contributed by atoms with van der Waals surface area (Å²) >= 11 is 0. The average Bonchev–Trinajstić information content (AvgIpc) is 3.64. The zero-order valence-electron chi connectivity index (χ0n) is 37.5. The first-order valence-electron chi connectivity index (χ1n) is 22.3. The zero-order chi connectivity index (χ0) is 42.8. The fourth-order valence-electron chi connectivity index (χ4n) is 11.1. The van der Waals surface area contributed by atoms with Crippen molar-refractivity contribution in [3.63, 3.8) is 0 Å². The van der Waals surface area contributed by atoms with Crippen molar-refractivity contribution in [2.45, 2.75) is 73.1 Å². The first-order chi connectivity index (χ1) is 29.8. The van der Waals surface area contributed by atoms with Crippen molar-refractivity contribution in [3.05, 3.63) is 208 Å². The van der Waals surface area contributed by atoms with Crippen LogP contribution >= 0.6 is 0 Å². The van der Waals surface area contributed by atoms with E-state index < -0.39 is 0 Å². The Balaban J connectivity index is 1.08. The lowest BCUT2D eigenvalue weighted by Gasteiger charge is -2.30. The predicted molar refractivity (Wildman–Crippen MR) is 266 cm³/mol. The van der Waals surface area contributed by atoms with Crippen molar-refractivity contribution in [1.29, 1.82) is 0 Å². The average molecular weight is 800 g/mol. The second-order valence-electron chi connectivity index (χ2n) is 19.3. The summed E-state index contributed by atoms with van der Waals surface area (Å²) in [6.07, 6.45) is 0. The molecule has 9 aromatic rings. The van der Waals surface area contributed by atoms with E-state index in [2.05, 4.69) is 225 Å². The summed E-state index contributed by atoms with van der Waals surface area (Å²) < 4.78 is 0. The molecule has 9 aromatic carbocycles. The Labute approximate surface area is 367 Å². The number of benzene rings is 9. The number of rotatable bonds is 5. The van der Waals surface area contributed by atoms with Gasteiger partial charge in [0.2, 0.25) is 0 Å². The number of nitrogens with zero attached hydrogens (tertiary/aromatic N) is 1. The highest BCUT2D eigenvalue weighted by atomic mass is 15.1. The lowest BCUT2D eigenvalue weighted by atomic mass is 9.79. The van der Waals surface area contributed by atoms with Crippen LogP contribution in [0.5, 0.6) is 0 Å². The highest BCUT2D eigenvalue weighted by Gasteiger charge is 2.40. The Morgan fingerprint density at radius 3 is 1.13 bits per heavy atom. The van der Waals surface area contributed by atoms with Crippen LogP contribution < -0.4 is 4.90 Å². The molecule has 0 atom stereocenters. The van der Waals surface area contributed by atoms with E-state index in [0.29, 0.717) is 0 Å². The molecule has 62 heavy (non-hydrogen) atoms. The topological polar surface area (TPSA) is 3.24 Å². The fourth-order valence-corrected chi connectivity index (χ4v) is 11.1. The summed E-state index contributed by atoms with van der Waals surface area (Å²) in [6, 6.07) is 60.3. The van der Waals surface area contributed by atoms with Gasteiger partial charge in [0.15, 0.2) is 0 Å². The second-order valence-corrected chi connectivity index (χ2v) is 19.3. The van der Waals surface area contributed by atoms with Crippen molar-refractivity contribution >= 4 is 38.6 Å². The molecule has 2 aliphatic rings. The Kier molecular flexibility index (Phi) is 8.42. The quantitative estimate of drug-likeness (QED) is 0.168. The standard InChI is InChI=1S/C61H53N/c1-36-20-24-41(25-21-36)62(42-26-28-48-54(32-42)60(6,7)56-34-52(50-30-37(2)18-22-39(50)4)44-14-10-12-16-46(44)58(48)56)43-27-29-49-55(33-43)61(8,9)57-35-53(51-31-38(3)19-23-40(51)5)45-15-11-13-17-47(45)59(49)57/h10-35H,1-9H3. The van der Waals surface area contributed by atoms with Gasteiger partial charge in [0, 0.05) is 27.9 Å². The van der Waals surface area contributed by atoms with Gasteiger partial charge in [-0.2, -0.15) is 0 Å². The van der Waals surface area contributed by atoms with E-state index in [4.69, 9.17) is 0 Å². The van der Waals surface area contributed by atoms with Crippen molar-refractivity contribution < 1.29 is 0 Å². The molecule has 0 bridgehead atoms. The van der Waals surface area contributed by atoms with E-state index in [1.54, 1.807) is 0 Å². The van der Waals surface area contributed by atoms with E-state index in [-0.39, 0.29) is 10.8 Å². The molecule has 0 unspecified atom stereocenters. The third-order valence-corrected chi connectivity index (χ3v) is 14.5. The molecule has 0 amide bonds. The molecule has 0 aromatic heterocycles. The van der Waals surface area contributed by atoms with Gasteiger partial charge in [0.05, 0.1) is 0 Å². The first-order valence-corrected chi connectivity index (χ1v) is 22.3. The SMILES string of the molecule is Cc1ccc(N(c2ccc3c(c2)C(C)(C)c2cc(-c4cc(C)ccc4C)c4ccccc4c2-3)c2ccc3c(c2)C(C)(C)c2cc(-c4cc(C)ccc4C)c4ccccc4c2-3)cc1. The molecule has 0 fully saturated rings. The van der Waals surface area contributed by atoms with Gasteiger partial charge >= 0.3 is 0 Å². The predicted octanol–water partition coefficient (Wildman–Crippen LogP) is 17.0. The molecule has 0 saturated heterocycles. The minimum Gasteiger partial charge on any atom is -0.310 e. The minimum absolute atomic E-state index is 0.216. The summed E-state index contributed by atoms with van der Waals surface area (Å²) in [5.41, 5.74) is 25.7. The van der Waals surface area contributed by atoms with Crippen LogP contribution in [0.2, 0.25) is 0 Å². The van der Waals surface area contributed by atoms with Crippen LogP contribution in [0.1, 0.15) is 77.8 Å². The maximum atomic E-state index is 2.51. The highest BCUT2D eigenvalue weighted by Crippen LogP contribution is 2.57. The molecule has 1 nitrogen and oxygen atoms in total. The van der Waals surface area contributed by atoms with E-state index >= 15 is 0 Å². The monoisotopic (exact) mass is 799 g/mol. The highest BCUT2D eigenvalue weighted by molar-refractivity contribution is 6.11. The molecule has 11 rings (SSSR count). The van der Waals surface area contributed by atoms with Gasteiger partial charge in [0.1, 0.15) is 0 Å². The number of anilines is 3. The summed E-state index contributed by atoms with van der Waals surface area (Å²) in [7, 11) is 0. The lowest BCUT2D eigenvalue weighted by Crippen LogP contribution is -2.18. The first kappa shape index (κ1) is 38.2. The van der Waals surface area contributed by atoms with Crippen LogP contribution in [0.3, 0.4) is 0 Å². The van der Waals surface area contributed by atoms with Gasteiger partial charge < -0.3 is 4.90 Å². The Morgan fingerprint density at radius 1 is 0.306 bits per heavy atom. The molecule has 0 heterocycles. The van der Waals surface area contributed by atoms with Crippen LogP contribution in [0, 0.1) is 34.6 Å². The van der Waals surface area contributed by atoms with Crippen LogP contribution in [0.25, 0.3) is 66.1 Å². The molecule has 0 radical (unpaired) electrons. The maximum Gasteiger partial charge on any atom is 0.0465 e. The van der Waals surface area contributed by atoms with Crippen molar-refractivity contribution in [3.8, 4) is 44.5 Å². The molecular weight excluding hydrogens is 747 g/mol. The van der Waals surface area contributed by atoms with Gasteiger partial charge in [-0.25, -0.2) is 0 Å². The zero-order valence-corrected chi connectivity index (χ0v) is 37.5. The minimum atomic E-state index is -0.216. The largest absolute Gasteiger partial charge is 0.310 e. The summed E-state index contributed by atoms with van der Waals surface area (Å²) in [4.78, 5) is 2.48. The normalized spacial score (nSPS) is 14.1. The summed E-state index contributed by atoms with van der Waals surface area (Å²) in [5, 5.41) is 5.27. The molecule has 1 heteroatoms. The van der Waals surface area contributed by atoms with Crippen LogP contribution in [-0.4, -0.2) is 0 Å². The summed E-state index contributed by atoms with van der Waals surface area (Å²) in [5.74, 6) is 0. The van der Waals surface area contributed by atoms with Gasteiger partial charge in [-0.15, -0.1) is 0 Å². The van der Waals surface area contributed by atoms with E-state index in [9.17, 15) is 0 Å². The number of hydrogen-bond donors (Lipinski definition) is 0. The Morgan fingerprint density at radius 2 is 0.694 bits per heavy atom. The van der Waals surface area contributed by atoms with Crippen molar-refractivity contribution in [1.82, 2.24) is 0 Å². The molecule has 0 saturated carbocycles. The van der Waals surface area contributed by atoms with E-state index in [0.717, 1.165) is 5.69 Å². The van der Waals surface area contributed by atoms with E-state index in [1.165, 1.54) is 127 Å². The van der Waals surface area contributed by atoms with Gasteiger partial charge in [-0.05, 0) is 183 Å². The second kappa shape index (κ2) is 13.7. The molecule has 302 valence electrons. The number of aryl methyl sites for hydroxylation is 5. The van der Waals surface area contributed by atoms with E-state index in [1.807, 2.05) is 0 Å². The van der Waals surface area contributed by atoms with Crippen LogP contribution in [0.4, 0.5) is 17.1 Å². The third kappa shape index (κ3) is 5.60. The molecular formula is C61H53N. The summed E-state index contributed by atoms with van der Waals surface area (Å²) in [6.45, 7) is 20.7. The lowest BCUT2D eigenvalue weighted by molar-refractivity contribution is 0.660. The van der Waals surface area contributed by atoms with Gasteiger partial charge in [-0.3, -0.25) is 0 Å². The Hall–Kier alpha value is -6.70.